The summed E-state index contributed by atoms with van der Waals surface area (Å²) in [7, 11) is 0. The Labute approximate surface area is 189 Å². The van der Waals surface area contributed by atoms with Gasteiger partial charge in [-0.25, -0.2) is 4.79 Å². The van der Waals surface area contributed by atoms with Crippen molar-refractivity contribution in [1.29, 1.82) is 0 Å². The number of nitrogens with one attached hydrogen (secondary N) is 2. The molecule has 1 aliphatic rings. The highest BCUT2D eigenvalue weighted by Gasteiger charge is 2.21. The Kier molecular flexibility index (Phi) is 5.24. The fourth-order valence-electron chi connectivity index (χ4n) is 4.55. The van der Waals surface area contributed by atoms with Crippen molar-refractivity contribution in [3.05, 3.63) is 69.3 Å². The number of hydrogen-bond acceptors (Lipinski definition) is 5. The first kappa shape index (κ1) is 21.0. The summed E-state index contributed by atoms with van der Waals surface area (Å²) >= 11 is 0. The van der Waals surface area contributed by atoms with Crippen LogP contribution in [0.2, 0.25) is 0 Å². The number of amides is 2. The van der Waals surface area contributed by atoms with Gasteiger partial charge in [0.05, 0.1) is 12.0 Å². The monoisotopic (exact) mass is 444 g/mol. The third-order valence-electron chi connectivity index (χ3n) is 6.19. The molecular formula is C26H24N2O5. The zero-order valence-electron chi connectivity index (χ0n) is 18.5. The van der Waals surface area contributed by atoms with Crippen molar-refractivity contribution in [2.75, 3.05) is 10.6 Å². The second-order valence-electron chi connectivity index (χ2n) is 8.53. The number of carbonyl (C=O) groups is 2. The molecule has 0 saturated carbocycles. The minimum atomic E-state index is -0.521. The van der Waals surface area contributed by atoms with Gasteiger partial charge in [-0.2, -0.15) is 0 Å². The van der Waals surface area contributed by atoms with E-state index in [9.17, 15) is 14.4 Å². The quantitative estimate of drug-likeness (QED) is 0.438. The molecule has 2 heterocycles. The number of hydrogen-bond donors (Lipinski definition) is 2. The molecule has 4 aromatic rings. The molecule has 168 valence electrons. The van der Waals surface area contributed by atoms with Gasteiger partial charge in [0.1, 0.15) is 16.9 Å². The van der Waals surface area contributed by atoms with Crippen LogP contribution < -0.4 is 16.3 Å². The Morgan fingerprint density at radius 3 is 2.30 bits per heavy atom. The van der Waals surface area contributed by atoms with Crippen LogP contribution in [-0.2, 0) is 28.9 Å². The topological polar surface area (TPSA) is 102 Å². The molecule has 2 aromatic heterocycles. The number of aryl methyl sites for hydroxylation is 3. The van der Waals surface area contributed by atoms with Crippen LogP contribution in [0, 0.1) is 6.92 Å². The van der Waals surface area contributed by atoms with E-state index in [-0.39, 0.29) is 18.2 Å². The molecule has 0 radical (unpaired) electrons. The summed E-state index contributed by atoms with van der Waals surface area (Å²) in [6.07, 6.45) is 4.08. The predicted octanol–water partition coefficient (Wildman–Crippen LogP) is 4.87. The Morgan fingerprint density at radius 1 is 0.909 bits per heavy atom. The van der Waals surface area contributed by atoms with Crippen LogP contribution >= 0.6 is 0 Å². The van der Waals surface area contributed by atoms with E-state index in [0.717, 1.165) is 53.4 Å². The predicted molar refractivity (Wildman–Crippen MR) is 127 cm³/mol. The zero-order chi connectivity index (χ0) is 23.1. The van der Waals surface area contributed by atoms with Gasteiger partial charge in [0.15, 0.2) is 0 Å². The first-order valence-corrected chi connectivity index (χ1v) is 11.1. The number of benzene rings is 2. The van der Waals surface area contributed by atoms with Crippen LogP contribution in [0.3, 0.4) is 0 Å². The standard InChI is InChI=1S/C26H24N2O5/c1-14-19-11-21-18-5-3-4-6-22(18)32-24(21)13-23(19)33-26(31)20(14)12-25(30)28-17-9-7-16(8-10-17)27-15(2)29/h7-11,13H,3-6,12H2,1-2H3,(H,27,29)(H,28,30). The molecule has 0 unspecified atom stereocenters. The Hall–Kier alpha value is -3.87. The molecule has 7 heteroatoms. The highest BCUT2D eigenvalue weighted by atomic mass is 16.4. The fraction of sp³-hybridized carbons (Fsp3) is 0.269. The van der Waals surface area contributed by atoms with Gasteiger partial charge in [0.2, 0.25) is 11.8 Å². The molecule has 33 heavy (non-hydrogen) atoms. The Morgan fingerprint density at radius 2 is 1.58 bits per heavy atom. The van der Waals surface area contributed by atoms with Crippen molar-refractivity contribution in [1.82, 2.24) is 0 Å². The van der Waals surface area contributed by atoms with Gasteiger partial charge < -0.3 is 19.5 Å². The molecular weight excluding hydrogens is 420 g/mol. The van der Waals surface area contributed by atoms with Crippen LogP contribution in [0.4, 0.5) is 11.4 Å². The second kappa shape index (κ2) is 8.24. The SMILES string of the molecule is CC(=O)Nc1ccc(NC(=O)Cc2c(C)c3cc4c5c(oc4cc3oc2=O)CCCC5)cc1. The third kappa shape index (κ3) is 4.02. The highest BCUT2D eigenvalue weighted by molar-refractivity contribution is 5.98. The minimum Gasteiger partial charge on any atom is -0.461 e. The molecule has 7 nitrogen and oxygen atoms in total. The van der Waals surface area contributed by atoms with Gasteiger partial charge in [0, 0.05) is 47.1 Å². The zero-order valence-corrected chi connectivity index (χ0v) is 18.5. The number of fused-ring (bicyclic) bond motifs is 4. The lowest BCUT2D eigenvalue weighted by Gasteiger charge is -2.10. The van der Waals surface area contributed by atoms with Gasteiger partial charge >= 0.3 is 5.63 Å². The van der Waals surface area contributed by atoms with Crippen molar-refractivity contribution in [2.24, 2.45) is 0 Å². The van der Waals surface area contributed by atoms with Gasteiger partial charge in [-0.15, -0.1) is 0 Å². The summed E-state index contributed by atoms with van der Waals surface area (Å²) < 4.78 is 11.6. The summed E-state index contributed by atoms with van der Waals surface area (Å²) in [6, 6.07) is 10.6. The molecule has 0 saturated heterocycles. The molecule has 0 fully saturated rings. The number of rotatable bonds is 4. The van der Waals surface area contributed by atoms with Gasteiger partial charge in [0.25, 0.3) is 0 Å². The molecule has 0 bridgehead atoms. The lowest BCUT2D eigenvalue weighted by molar-refractivity contribution is -0.116. The Balaban J connectivity index is 1.43. The maximum absolute atomic E-state index is 12.7. The summed E-state index contributed by atoms with van der Waals surface area (Å²) in [5.74, 6) is 0.535. The molecule has 0 atom stereocenters. The first-order chi connectivity index (χ1) is 15.9. The smallest absolute Gasteiger partial charge is 0.340 e. The fourth-order valence-corrected chi connectivity index (χ4v) is 4.55. The Bertz CT molecular complexity index is 1460. The summed E-state index contributed by atoms with van der Waals surface area (Å²) in [5.41, 5.74) is 4.22. The average molecular weight is 444 g/mol. The average Bonchev–Trinajstić information content (AvgIpc) is 3.14. The normalized spacial score (nSPS) is 13.2. The second-order valence-corrected chi connectivity index (χ2v) is 8.53. The van der Waals surface area contributed by atoms with E-state index < -0.39 is 5.63 Å². The van der Waals surface area contributed by atoms with Gasteiger partial charge in [-0.1, -0.05) is 0 Å². The molecule has 0 spiro atoms. The minimum absolute atomic E-state index is 0.0981. The third-order valence-corrected chi connectivity index (χ3v) is 6.19. The largest absolute Gasteiger partial charge is 0.461 e. The van der Waals surface area contributed by atoms with Crippen molar-refractivity contribution in [3.63, 3.8) is 0 Å². The van der Waals surface area contributed by atoms with E-state index in [1.807, 2.05) is 13.0 Å². The van der Waals surface area contributed by atoms with Crippen LogP contribution in [0.25, 0.3) is 21.9 Å². The summed E-state index contributed by atoms with van der Waals surface area (Å²) in [4.78, 5) is 36.5. The van der Waals surface area contributed by atoms with E-state index in [2.05, 4.69) is 10.6 Å². The van der Waals surface area contributed by atoms with Gasteiger partial charge in [-0.3, -0.25) is 9.59 Å². The summed E-state index contributed by atoms with van der Waals surface area (Å²) in [6.45, 7) is 3.28. The summed E-state index contributed by atoms with van der Waals surface area (Å²) in [5, 5.41) is 7.34. The van der Waals surface area contributed by atoms with Crippen LogP contribution in [-0.4, -0.2) is 11.8 Å². The lowest BCUT2D eigenvalue weighted by Crippen LogP contribution is -2.20. The maximum atomic E-state index is 12.7. The van der Waals surface area contributed by atoms with Crippen molar-refractivity contribution in [3.8, 4) is 0 Å². The molecule has 5 rings (SSSR count). The molecule has 0 aliphatic heterocycles. The van der Waals surface area contributed by atoms with Crippen LogP contribution in [0.1, 0.15) is 42.2 Å². The first-order valence-electron chi connectivity index (χ1n) is 11.1. The molecule has 2 aromatic carbocycles. The van der Waals surface area contributed by atoms with E-state index >= 15 is 0 Å². The highest BCUT2D eigenvalue weighted by Crippen LogP contribution is 2.35. The number of furan rings is 1. The van der Waals surface area contributed by atoms with E-state index in [4.69, 9.17) is 8.83 Å². The van der Waals surface area contributed by atoms with E-state index in [1.165, 1.54) is 12.5 Å². The molecule has 1 aliphatic carbocycles. The van der Waals surface area contributed by atoms with Crippen LogP contribution in [0.15, 0.2) is 50.0 Å². The van der Waals surface area contributed by atoms with Crippen molar-refractivity contribution in [2.45, 2.75) is 46.0 Å². The number of anilines is 2. The lowest BCUT2D eigenvalue weighted by atomic mass is 9.94. The van der Waals surface area contributed by atoms with E-state index in [1.54, 1.807) is 30.3 Å². The van der Waals surface area contributed by atoms with Gasteiger partial charge in [-0.05, 0) is 62.1 Å². The number of carbonyl (C=O) groups excluding carboxylic acids is 2. The van der Waals surface area contributed by atoms with Crippen LogP contribution in [0.5, 0.6) is 0 Å². The molecule has 2 N–H and O–H groups in total. The van der Waals surface area contributed by atoms with E-state index in [0.29, 0.717) is 22.5 Å². The maximum Gasteiger partial charge on any atom is 0.340 e. The molecule has 2 amide bonds. The van der Waals surface area contributed by atoms with Crippen molar-refractivity contribution >= 4 is 45.1 Å². The van der Waals surface area contributed by atoms with Crippen molar-refractivity contribution < 1.29 is 18.4 Å².